The molecule has 2 aromatic carbocycles. The molecule has 0 aliphatic heterocycles. The number of carbonyl (C=O) groups excluding carboxylic acids is 4. The maximum atomic E-state index is 13.1. The predicted octanol–water partition coefficient (Wildman–Crippen LogP) is 3.94. The lowest BCUT2D eigenvalue weighted by atomic mass is 10.0. The van der Waals surface area contributed by atoms with Crippen LogP contribution < -0.4 is 16.0 Å². The first-order chi connectivity index (χ1) is 19.7. The molecule has 0 saturated carbocycles. The average molecular weight is 572 g/mol. The van der Waals surface area contributed by atoms with Gasteiger partial charge in [0.05, 0.1) is 40.4 Å². The summed E-state index contributed by atoms with van der Waals surface area (Å²) in [5, 5.41) is 8.15. The highest BCUT2D eigenvalue weighted by Crippen LogP contribution is 2.20. The van der Waals surface area contributed by atoms with E-state index in [4.69, 9.17) is 0 Å². The van der Waals surface area contributed by atoms with Gasteiger partial charge in [0.15, 0.2) is 5.78 Å². The Morgan fingerprint density at radius 2 is 1.73 bits per heavy atom. The Balaban J connectivity index is 1.29. The number of aromatic nitrogens is 2. The second-order valence-corrected chi connectivity index (χ2v) is 11.1. The maximum Gasteiger partial charge on any atom is 0.251 e. The molecule has 0 unspecified atom stereocenters. The van der Waals surface area contributed by atoms with Gasteiger partial charge in [-0.3, -0.25) is 24.2 Å². The van der Waals surface area contributed by atoms with Crippen LogP contribution in [-0.4, -0.2) is 52.1 Å². The van der Waals surface area contributed by atoms with Crippen LogP contribution >= 0.6 is 11.3 Å². The van der Waals surface area contributed by atoms with Crippen molar-refractivity contribution in [3.8, 4) is 11.3 Å². The molecule has 4 aromatic rings. The number of Topliss-reactive ketones (excluding diaryl/α,β-unsaturated/α-hetero) is 1. The molecule has 0 spiro atoms. The van der Waals surface area contributed by atoms with Crippen LogP contribution in [0.3, 0.4) is 0 Å². The molecule has 0 bridgehead atoms. The van der Waals surface area contributed by atoms with Gasteiger partial charge in [-0.05, 0) is 61.2 Å². The van der Waals surface area contributed by atoms with Gasteiger partial charge in [-0.2, -0.15) is 0 Å². The van der Waals surface area contributed by atoms with Gasteiger partial charge in [0.1, 0.15) is 6.04 Å². The summed E-state index contributed by atoms with van der Waals surface area (Å²) in [5.41, 5.74) is 5.45. The van der Waals surface area contributed by atoms with Crippen molar-refractivity contribution in [1.29, 1.82) is 0 Å². The highest BCUT2D eigenvalue weighted by molar-refractivity contribution is 7.16. The first-order valence-corrected chi connectivity index (χ1v) is 14.3. The van der Waals surface area contributed by atoms with Crippen LogP contribution in [0, 0.1) is 5.92 Å². The summed E-state index contributed by atoms with van der Waals surface area (Å²) < 4.78 is 0.879. The van der Waals surface area contributed by atoms with Crippen LogP contribution in [0.2, 0.25) is 0 Å². The molecule has 2 heterocycles. The van der Waals surface area contributed by atoms with E-state index in [1.54, 1.807) is 36.8 Å². The zero-order valence-corrected chi connectivity index (χ0v) is 24.0. The second kappa shape index (κ2) is 13.8. The summed E-state index contributed by atoms with van der Waals surface area (Å²) in [6, 6.07) is 16.7. The third-order valence-electron chi connectivity index (χ3n) is 6.48. The number of ketones is 1. The number of thiazole rings is 1. The summed E-state index contributed by atoms with van der Waals surface area (Å²) in [5.74, 6) is -1.36. The van der Waals surface area contributed by atoms with E-state index in [1.807, 2.05) is 56.3 Å². The highest BCUT2D eigenvalue weighted by Gasteiger charge is 2.26. The van der Waals surface area contributed by atoms with Crippen molar-refractivity contribution in [3.63, 3.8) is 0 Å². The number of hydrogen-bond donors (Lipinski definition) is 3. The minimum absolute atomic E-state index is 0.102. The van der Waals surface area contributed by atoms with Crippen LogP contribution in [0.5, 0.6) is 0 Å². The number of amides is 3. The SMILES string of the molecule is CC(C)C[C@H](NC(=O)c1ccc2ncsc2c1)C(=O)N[C@@H](C)C(=O)CNC(=O)Cc1cccc(-c2ccccn2)c1. The molecule has 0 saturated heterocycles. The van der Waals surface area contributed by atoms with Crippen LogP contribution in [-0.2, 0) is 20.8 Å². The van der Waals surface area contributed by atoms with Crippen LogP contribution in [0.1, 0.15) is 43.1 Å². The zero-order chi connectivity index (χ0) is 29.4. The summed E-state index contributed by atoms with van der Waals surface area (Å²) in [7, 11) is 0. The van der Waals surface area contributed by atoms with E-state index < -0.39 is 18.0 Å². The molecule has 10 heteroatoms. The van der Waals surface area contributed by atoms with Crippen molar-refractivity contribution in [2.45, 2.75) is 45.7 Å². The van der Waals surface area contributed by atoms with E-state index in [2.05, 4.69) is 25.9 Å². The Bertz CT molecular complexity index is 1540. The fraction of sp³-hybridized carbons (Fsp3) is 0.290. The number of nitrogens with zero attached hydrogens (tertiary/aromatic N) is 2. The maximum absolute atomic E-state index is 13.1. The molecule has 0 aliphatic rings. The van der Waals surface area contributed by atoms with E-state index >= 15 is 0 Å². The smallest absolute Gasteiger partial charge is 0.251 e. The van der Waals surface area contributed by atoms with Gasteiger partial charge >= 0.3 is 0 Å². The molecule has 0 aliphatic carbocycles. The van der Waals surface area contributed by atoms with E-state index in [0.29, 0.717) is 12.0 Å². The van der Waals surface area contributed by atoms with Crippen molar-refractivity contribution < 1.29 is 19.2 Å². The number of nitrogens with one attached hydrogen (secondary N) is 3. The van der Waals surface area contributed by atoms with Crippen molar-refractivity contribution in [1.82, 2.24) is 25.9 Å². The molecule has 3 N–H and O–H groups in total. The fourth-order valence-corrected chi connectivity index (χ4v) is 5.01. The van der Waals surface area contributed by atoms with E-state index in [-0.39, 0.29) is 36.5 Å². The number of pyridine rings is 1. The largest absolute Gasteiger partial charge is 0.349 e. The molecular weight excluding hydrogens is 538 g/mol. The van der Waals surface area contributed by atoms with Gasteiger partial charge in [-0.25, -0.2) is 4.98 Å². The molecule has 0 radical (unpaired) electrons. The average Bonchev–Trinajstić information content (AvgIpc) is 3.44. The molecule has 2 atom stereocenters. The van der Waals surface area contributed by atoms with Crippen molar-refractivity contribution in [2.75, 3.05) is 6.54 Å². The Morgan fingerprint density at radius 3 is 2.49 bits per heavy atom. The molecule has 41 heavy (non-hydrogen) atoms. The number of fused-ring (bicyclic) bond motifs is 1. The van der Waals surface area contributed by atoms with Gasteiger partial charge in [-0.1, -0.05) is 38.1 Å². The zero-order valence-electron chi connectivity index (χ0n) is 23.2. The summed E-state index contributed by atoms with van der Waals surface area (Å²) >= 11 is 1.43. The lowest BCUT2D eigenvalue weighted by Gasteiger charge is -2.22. The molecule has 212 valence electrons. The number of hydrogen-bond acceptors (Lipinski definition) is 7. The molecule has 3 amide bonds. The molecule has 0 fully saturated rings. The van der Waals surface area contributed by atoms with E-state index in [1.165, 1.54) is 11.3 Å². The lowest BCUT2D eigenvalue weighted by Crippen LogP contribution is -2.52. The lowest BCUT2D eigenvalue weighted by molar-refractivity contribution is -0.129. The summed E-state index contributed by atoms with van der Waals surface area (Å²) in [6.07, 6.45) is 2.21. The third kappa shape index (κ3) is 8.28. The number of rotatable bonds is 12. The minimum atomic E-state index is -0.851. The van der Waals surface area contributed by atoms with Gasteiger partial charge in [0, 0.05) is 17.3 Å². The Morgan fingerprint density at radius 1 is 0.902 bits per heavy atom. The minimum Gasteiger partial charge on any atom is -0.349 e. The first kappa shape index (κ1) is 29.5. The standard InChI is InChI=1S/C31H33N5O4S/c1-19(2)13-26(36-30(39)23-10-11-25-28(16-23)41-18-34-25)31(40)35-20(3)27(37)17-33-29(38)15-21-7-6-8-22(14-21)24-9-4-5-12-32-24/h4-12,14,16,18-20,26H,13,15,17H2,1-3H3,(H,33,38)(H,35,40)(H,36,39)/t20-,26-/m0/s1. The van der Waals surface area contributed by atoms with Crippen molar-refractivity contribution in [3.05, 3.63) is 83.5 Å². The Hall–Kier alpha value is -4.44. The summed E-state index contributed by atoms with van der Waals surface area (Å²) in [4.78, 5) is 59.8. The van der Waals surface area contributed by atoms with Gasteiger partial charge in [0.25, 0.3) is 5.91 Å². The molecule has 4 rings (SSSR count). The van der Waals surface area contributed by atoms with E-state index in [9.17, 15) is 19.2 Å². The van der Waals surface area contributed by atoms with Gasteiger partial charge in [0.2, 0.25) is 11.8 Å². The van der Waals surface area contributed by atoms with Crippen molar-refractivity contribution >= 4 is 45.1 Å². The van der Waals surface area contributed by atoms with Gasteiger partial charge in [-0.15, -0.1) is 11.3 Å². The quantitative estimate of drug-likeness (QED) is 0.236. The second-order valence-electron chi connectivity index (χ2n) is 10.3. The molecule has 2 aromatic heterocycles. The predicted molar refractivity (Wildman–Crippen MR) is 159 cm³/mol. The van der Waals surface area contributed by atoms with Gasteiger partial charge < -0.3 is 16.0 Å². The van der Waals surface area contributed by atoms with Crippen LogP contribution in [0.25, 0.3) is 21.5 Å². The number of carbonyl (C=O) groups is 4. The highest BCUT2D eigenvalue weighted by atomic mass is 32.1. The third-order valence-corrected chi connectivity index (χ3v) is 7.27. The Labute approximate surface area is 242 Å². The molecule has 9 nitrogen and oxygen atoms in total. The van der Waals surface area contributed by atoms with Crippen LogP contribution in [0.4, 0.5) is 0 Å². The van der Waals surface area contributed by atoms with Crippen LogP contribution in [0.15, 0.2) is 72.4 Å². The fourth-order valence-electron chi connectivity index (χ4n) is 4.30. The Kier molecular flexibility index (Phi) is 9.91. The topological polar surface area (TPSA) is 130 Å². The van der Waals surface area contributed by atoms with E-state index in [0.717, 1.165) is 27.0 Å². The monoisotopic (exact) mass is 571 g/mol. The first-order valence-electron chi connectivity index (χ1n) is 13.4. The summed E-state index contributed by atoms with van der Waals surface area (Å²) in [6.45, 7) is 5.24. The molecular formula is C31H33N5O4S. The van der Waals surface area contributed by atoms with Crippen molar-refractivity contribution in [2.24, 2.45) is 5.92 Å². The normalized spacial score (nSPS) is 12.5. The number of benzene rings is 2.